The van der Waals surface area contributed by atoms with E-state index in [1.165, 1.54) is 6.20 Å². The molecule has 0 aromatic carbocycles. The minimum Gasteiger partial charge on any atom is -0.379 e. The highest BCUT2D eigenvalue weighted by atomic mass is 35.5. The summed E-state index contributed by atoms with van der Waals surface area (Å²) in [5.41, 5.74) is 0.521. The number of amides is 2. The van der Waals surface area contributed by atoms with Crippen molar-refractivity contribution in [3.05, 3.63) is 29.0 Å². The summed E-state index contributed by atoms with van der Waals surface area (Å²) in [7, 11) is 0. The molecule has 2 aliphatic heterocycles. The van der Waals surface area contributed by atoms with E-state index in [0.29, 0.717) is 56.7 Å². The van der Waals surface area contributed by atoms with Gasteiger partial charge in [0.15, 0.2) is 0 Å². The van der Waals surface area contributed by atoms with E-state index < -0.39 is 0 Å². The first-order chi connectivity index (χ1) is 11.6. The maximum atomic E-state index is 12.4. The molecular weight excluding hydrogens is 332 g/mol. The molecule has 3 rings (SSSR count). The molecule has 2 aliphatic rings. The average Bonchev–Trinajstić information content (AvgIpc) is 2.63. The maximum absolute atomic E-state index is 12.4. The molecule has 0 spiro atoms. The highest BCUT2D eigenvalue weighted by Gasteiger charge is 2.26. The summed E-state index contributed by atoms with van der Waals surface area (Å²) in [6, 6.07) is 3.28. The number of ether oxygens (including phenoxy) is 1. The molecule has 0 saturated carbocycles. The number of morpholine rings is 1. The predicted molar refractivity (Wildman–Crippen MR) is 89.0 cm³/mol. The first-order valence-corrected chi connectivity index (χ1v) is 8.50. The molecule has 24 heavy (non-hydrogen) atoms. The lowest BCUT2D eigenvalue weighted by atomic mass is 10.2. The van der Waals surface area contributed by atoms with Gasteiger partial charge in [-0.2, -0.15) is 0 Å². The smallest absolute Gasteiger partial charge is 0.255 e. The van der Waals surface area contributed by atoms with Crippen LogP contribution in [0.3, 0.4) is 0 Å². The summed E-state index contributed by atoms with van der Waals surface area (Å²) in [5, 5.41) is 0.366. The monoisotopic (exact) mass is 352 g/mol. The molecule has 0 unspecified atom stereocenters. The van der Waals surface area contributed by atoms with E-state index in [1.807, 2.05) is 4.90 Å². The van der Waals surface area contributed by atoms with E-state index in [9.17, 15) is 9.59 Å². The van der Waals surface area contributed by atoms with E-state index in [2.05, 4.69) is 9.88 Å². The zero-order chi connectivity index (χ0) is 16.9. The van der Waals surface area contributed by atoms with Gasteiger partial charge in [0.05, 0.1) is 25.3 Å². The average molecular weight is 353 g/mol. The number of pyridine rings is 1. The summed E-state index contributed by atoms with van der Waals surface area (Å²) >= 11 is 5.74. The lowest BCUT2D eigenvalue weighted by Gasteiger charge is -2.36. The molecule has 2 saturated heterocycles. The topological polar surface area (TPSA) is 66.0 Å². The molecule has 7 nitrogen and oxygen atoms in total. The Labute approximate surface area is 146 Å². The van der Waals surface area contributed by atoms with Crippen molar-refractivity contribution in [1.29, 1.82) is 0 Å². The number of carbonyl (C=O) groups is 2. The van der Waals surface area contributed by atoms with Crippen LogP contribution in [-0.4, -0.2) is 90.5 Å². The number of aromatic nitrogens is 1. The lowest BCUT2D eigenvalue weighted by molar-refractivity contribution is -0.134. The standard InChI is InChI=1S/C16H21ClN4O3/c17-14-2-1-13(11-18-14)16(23)21-5-3-20(4-6-21)15(22)12-19-7-9-24-10-8-19/h1-2,11H,3-10,12H2. The van der Waals surface area contributed by atoms with Crippen molar-refractivity contribution in [2.45, 2.75) is 0 Å². The van der Waals surface area contributed by atoms with Crippen molar-refractivity contribution in [3.63, 3.8) is 0 Å². The van der Waals surface area contributed by atoms with Crippen LogP contribution in [0.1, 0.15) is 10.4 Å². The van der Waals surface area contributed by atoms with Gasteiger partial charge in [-0.05, 0) is 12.1 Å². The van der Waals surface area contributed by atoms with E-state index in [4.69, 9.17) is 16.3 Å². The molecule has 0 atom stereocenters. The fourth-order valence-corrected chi connectivity index (χ4v) is 3.01. The minimum absolute atomic E-state index is 0.0700. The third-order valence-electron chi connectivity index (χ3n) is 4.36. The van der Waals surface area contributed by atoms with Crippen LogP contribution in [0.4, 0.5) is 0 Å². The SMILES string of the molecule is O=C(CN1CCOCC1)N1CCN(C(=O)c2ccc(Cl)nc2)CC1. The van der Waals surface area contributed by atoms with Crippen LogP contribution < -0.4 is 0 Å². The van der Waals surface area contributed by atoms with Crippen LogP contribution in [0.25, 0.3) is 0 Å². The Morgan fingerprint density at radius 2 is 1.71 bits per heavy atom. The Hall–Kier alpha value is -1.70. The molecular formula is C16H21ClN4O3. The van der Waals surface area contributed by atoms with Gasteiger partial charge in [0, 0.05) is 45.5 Å². The molecule has 0 aliphatic carbocycles. The Balaban J connectivity index is 1.48. The van der Waals surface area contributed by atoms with Crippen LogP contribution >= 0.6 is 11.6 Å². The fraction of sp³-hybridized carbons (Fsp3) is 0.562. The van der Waals surface area contributed by atoms with Crippen LogP contribution in [0.5, 0.6) is 0 Å². The van der Waals surface area contributed by atoms with Crippen molar-refractivity contribution in [1.82, 2.24) is 19.7 Å². The van der Waals surface area contributed by atoms with Crippen LogP contribution in [0.15, 0.2) is 18.3 Å². The highest BCUT2D eigenvalue weighted by molar-refractivity contribution is 6.29. The van der Waals surface area contributed by atoms with Gasteiger partial charge >= 0.3 is 0 Å². The third kappa shape index (κ3) is 4.23. The van der Waals surface area contributed by atoms with Crippen molar-refractivity contribution < 1.29 is 14.3 Å². The molecule has 0 N–H and O–H groups in total. The number of rotatable bonds is 3. The zero-order valence-electron chi connectivity index (χ0n) is 13.5. The molecule has 0 radical (unpaired) electrons. The predicted octanol–water partition coefficient (Wildman–Crippen LogP) is 0.352. The van der Waals surface area contributed by atoms with Crippen LogP contribution in [0.2, 0.25) is 5.15 Å². The van der Waals surface area contributed by atoms with Gasteiger partial charge in [0.1, 0.15) is 5.15 Å². The van der Waals surface area contributed by atoms with Crippen molar-refractivity contribution in [2.24, 2.45) is 0 Å². The number of halogens is 1. The number of piperazine rings is 1. The molecule has 3 heterocycles. The Morgan fingerprint density at radius 3 is 2.33 bits per heavy atom. The summed E-state index contributed by atoms with van der Waals surface area (Å²) in [6.07, 6.45) is 1.49. The molecule has 0 bridgehead atoms. The molecule has 8 heteroatoms. The third-order valence-corrected chi connectivity index (χ3v) is 4.58. The lowest BCUT2D eigenvalue weighted by Crippen LogP contribution is -2.53. The van der Waals surface area contributed by atoms with Crippen molar-refractivity contribution >= 4 is 23.4 Å². The summed E-state index contributed by atoms with van der Waals surface area (Å²) in [6.45, 7) is 5.60. The van der Waals surface area contributed by atoms with Gasteiger partial charge < -0.3 is 14.5 Å². The highest BCUT2D eigenvalue weighted by Crippen LogP contribution is 2.11. The second-order valence-electron chi connectivity index (χ2n) is 5.93. The van der Waals surface area contributed by atoms with Gasteiger partial charge in [-0.25, -0.2) is 4.98 Å². The fourth-order valence-electron chi connectivity index (χ4n) is 2.89. The quantitative estimate of drug-likeness (QED) is 0.734. The number of carbonyl (C=O) groups excluding carboxylic acids is 2. The van der Waals surface area contributed by atoms with Gasteiger partial charge in [0.2, 0.25) is 5.91 Å². The first-order valence-electron chi connectivity index (χ1n) is 8.12. The Morgan fingerprint density at radius 1 is 1.04 bits per heavy atom. The molecule has 130 valence electrons. The summed E-state index contributed by atoms with van der Waals surface area (Å²) in [5.74, 6) is 0.0524. The molecule has 1 aromatic rings. The van der Waals surface area contributed by atoms with E-state index >= 15 is 0 Å². The van der Waals surface area contributed by atoms with Crippen LogP contribution in [0, 0.1) is 0 Å². The van der Waals surface area contributed by atoms with Gasteiger partial charge in [-0.3, -0.25) is 14.5 Å². The summed E-state index contributed by atoms with van der Waals surface area (Å²) < 4.78 is 5.29. The number of hydrogen-bond acceptors (Lipinski definition) is 5. The van der Waals surface area contributed by atoms with Gasteiger partial charge in [-0.15, -0.1) is 0 Å². The van der Waals surface area contributed by atoms with E-state index in [-0.39, 0.29) is 11.8 Å². The van der Waals surface area contributed by atoms with Gasteiger partial charge in [0.25, 0.3) is 5.91 Å². The Kier molecular flexibility index (Phi) is 5.65. The molecule has 1 aromatic heterocycles. The first kappa shape index (κ1) is 17.1. The normalized spacial score (nSPS) is 19.4. The summed E-state index contributed by atoms with van der Waals surface area (Å²) in [4.78, 5) is 34.4. The number of hydrogen-bond donors (Lipinski definition) is 0. The minimum atomic E-state index is -0.0700. The molecule has 2 amide bonds. The van der Waals surface area contributed by atoms with Crippen molar-refractivity contribution in [3.8, 4) is 0 Å². The zero-order valence-corrected chi connectivity index (χ0v) is 14.2. The van der Waals surface area contributed by atoms with Gasteiger partial charge in [-0.1, -0.05) is 11.6 Å². The van der Waals surface area contributed by atoms with E-state index in [0.717, 1.165) is 13.1 Å². The largest absolute Gasteiger partial charge is 0.379 e. The van der Waals surface area contributed by atoms with Crippen molar-refractivity contribution in [2.75, 3.05) is 59.0 Å². The maximum Gasteiger partial charge on any atom is 0.255 e. The van der Waals surface area contributed by atoms with Crippen LogP contribution in [-0.2, 0) is 9.53 Å². The number of nitrogens with zero attached hydrogens (tertiary/aromatic N) is 4. The molecule has 2 fully saturated rings. The second-order valence-corrected chi connectivity index (χ2v) is 6.32. The Bertz CT molecular complexity index is 581. The van der Waals surface area contributed by atoms with E-state index in [1.54, 1.807) is 17.0 Å². The second kappa shape index (κ2) is 7.92.